The van der Waals surface area contributed by atoms with E-state index in [1.807, 2.05) is 5.92 Å². The molecule has 0 N–H and O–H groups in total. The first-order chi connectivity index (χ1) is 8.14. The summed E-state index contributed by atoms with van der Waals surface area (Å²) in [5.41, 5.74) is -8.47. The van der Waals surface area contributed by atoms with E-state index in [4.69, 9.17) is 12.8 Å². The summed E-state index contributed by atoms with van der Waals surface area (Å²) < 4.78 is 48.5. The van der Waals surface area contributed by atoms with Gasteiger partial charge in [-0.2, -0.15) is 13.2 Å². The highest BCUT2D eigenvalue weighted by atomic mass is 33.1. The van der Waals surface area contributed by atoms with Crippen molar-refractivity contribution in [2.45, 2.75) is 5.51 Å². The van der Waals surface area contributed by atoms with Gasteiger partial charge < -0.3 is 0 Å². The van der Waals surface area contributed by atoms with Crippen molar-refractivity contribution in [1.29, 1.82) is 0 Å². The van der Waals surface area contributed by atoms with Gasteiger partial charge in [-0.25, -0.2) is 0 Å². The van der Waals surface area contributed by atoms with Crippen molar-refractivity contribution in [3.05, 3.63) is 0 Å². The zero-order valence-electron chi connectivity index (χ0n) is 8.68. The molecule has 1 amide bonds. The normalized spacial score (nSPS) is 14.1. The molecule has 0 heterocycles. The number of alkyl halides is 3. The molecular formula is C8H7F3NO2PS3. The van der Waals surface area contributed by atoms with Gasteiger partial charge in [0.05, 0.1) is 12.3 Å². The molecule has 3 nitrogen and oxygen atoms in total. The maximum absolute atomic E-state index is 12.1. The lowest BCUT2D eigenvalue weighted by Gasteiger charge is -2.24. The maximum atomic E-state index is 12.1. The second kappa shape index (κ2) is 7.30. The van der Waals surface area contributed by atoms with E-state index in [0.717, 1.165) is 0 Å². The number of halogens is 3. The van der Waals surface area contributed by atoms with E-state index in [2.05, 4.69) is 18.2 Å². The van der Waals surface area contributed by atoms with Crippen LogP contribution in [0, 0.1) is 24.7 Å². The van der Waals surface area contributed by atoms with Gasteiger partial charge in [0.15, 0.2) is 0 Å². The summed E-state index contributed by atoms with van der Waals surface area (Å²) in [4.78, 5) is 11.3. The first kappa shape index (κ1) is 17.7. The Morgan fingerprint density at radius 1 is 1.39 bits per heavy atom. The molecule has 1 atom stereocenters. The zero-order valence-corrected chi connectivity index (χ0v) is 12.1. The van der Waals surface area contributed by atoms with Crippen molar-refractivity contribution in [3.8, 4) is 24.7 Å². The quantitative estimate of drug-likeness (QED) is 0.484. The van der Waals surface area contributed by atoms with Crippen molar-refractivity contribution >= 4 is 46.3 Å². The molecule has 0 bridgehead atoms. The minimum absolute atomic E-state index is 0.0637. The first-order valence-corrected chi connectivity index (χ1v) is 9.28. The molecule has 0 aliphatic carbocycles. The highest BCUT2D eigenvalue weighted by Crippen LogP contribution is 2.66. The van der Waals surface area contributed by atoms with Crippen molar-refractivity contribution in [2.24, 2.45) is 0 Å². The number of rotatable bonds is 4. The topological polar surface area (TPSA) is 37.4 Å². The molecule has 0 saturated carbocycles. The third-order valence-corrected chi connectivity index (χ3v) is 7.28. The summed E-state index contributed by atoms with van der Waals surface area (Å²) >= 11 is 3.35. The number of nitrogens with zero attached hydrogens (tertiary/aromatic N) is 1. The number of thiol groups is 1. The van der Waals surface area contributed by atoms with Crippen LogP contribution in [0.5, 0.6) is 0 Å². The molecule has 1 unspecified atom stereocenters. The minimum atomic E-state index is -4.78. The first-order valence-electron chi connectivity index (χ1n) is 4.06. The Bertz CT molecular complexity index is 440. The van der Waals surface area contributed by atoms with E-state index in [-0.39, 0.29) is 5.75 Å². The van der Waals surface area contributed by atoms with Crippen molar-refractivity contribution in [1.82, 2.24) is 4.67 Å². The van der Waals surface area contributed by atoms with Crippen LogP contribution < -0.4 is 0 Å². The van der Waals surface area contributed by atoms with E-state index in [1.54, 1.807) is 0 Å². The van der Waals surface area contributed by atoms with E-state index in [1.165, 1.54) is 0 Å². The lowest BCUT2D eigenvalue weighted by molar-refractivity contribution is -0.0320. The van der Waals surface area contributed by atoms with Crippen molar-refractivity contribution < 1.29 is 22.5 Å². The summed E-state index contributed by atoms with van der Waals surface area (Å²) in [6.07, 6.45) is 9.85. The van der Waals surface area contributed by atoms with Gasteiger partial charge >= 0.3 is 5.51 Å². The van der Waals surface area contributed by atoms with Crippen LogP contribution in [0.25, 0.3) is 0 Å². The molecule has 0 aliphatic rings. The molecule has 0 aliphatic heterocycles. The smallest absolute Gasteiger partial charge is 0.276 e. The lowest BCUT2D eigenvalue weighted by Crippen LogP contribution is -2.25. The Balaban J connectivity index is 4.97. The predicted molar refractivity (Wildman–Crippen MR) is 72.5 cm³/mol. The second-order valence-electron chi connectivity index (χ2n) is 2.54. The Hall–Kier alpha value is -0.340. The fourth-order valence-electron chi connectivity index (χ4n) is 0.686. The molecule has 0 aromatic rings. The average Bonchev–Trinajstić information content (AvgIpc) is 2.20. The third kappa shape index (κ3) is 6.55. The summed E-state index contributed by atoms with van der Waals surface area (Å²) in [5.74, 6) is 4.02. The average molecular weight is 333 g/mol. The molecule has 0 aromatic carbocycles. The van der Waals surface area contributed by atoms with Crippen LogP contribution in [0.4, 0.5) is 18.0 Å². The Labute approximate surface area is 116 Å². The molecule has 0 aromatic heterocycles. The number of hydrogen-bond acceptors (Lipinski definition) is 4. The molecule has 0 spiro atoms. The van der Waals surface area contributed by atoms with Gasteiger partial charge in [-0.15, -0.1) is 12.8 Å². The van der Waals surface area contributed by atoms with Crippen molar-refractivity contribution in [2.75, 3.05) is 12.3 Å². The van der Waals surface area contributed by atoms with E-state index >= 15 is 0 Å². The summed E-state index contributed by atoms with van der Waals surface area (Å²) in [7, 11) is 0. The van der Waals surface area contributed by atoms with Crippen LogP contribution in [-0.2, 0) is 4.57 Å². The maximum Gasteiger partial charge on any atom is 0.450 e. The van der Waals surface area contributed by atoms with Gasteiger partial charge in [0.25, 0.3) is 10.9 Å². The molecule has 10 heteroatoms. The molecular weight excluding hydrogens is 326 g/mol. The molecule has 0 saturated heterocycles. The van der Waals surface area contributed by atoms with Crippen LogP contribution in [0.15, 0.2) is 0 Å². The van der Waals surface area contributed by atoms with Crippen LogP contribution in [-0.4, -0.2) is 27.7 Å². The number of carbonyl (C=O) groups excluding carboxylic acids is 1. The fourth-order valence-corrected chi connectivity index (χ4v) is 5.20. The summed E-state index contributed by atoms with van der Waals surface area (Å²) in [6.45, 7) is -0.541. The second-order valence-corrected chi connectivity index (χ2v) is 10.3. The number of terminal acetylenes is 2. The van der Waals surface area contributed by atoms with Crippen LogP contribution in [0.2, 0.25) is 0 Å². The molecule has 0 radical (unpaired) electrons. The van der Waals surface area contributed by atoms with E-state index < -0.39 is 34.8 Å². The molecule has 0 fully saturated rings. The van der Waals surface area contributed by atoms with Gasteiger partial charge in [0.1, 0.15) is 0 Å². The van der Waals surface area contributed by atoms with Gasteiger partial charge in [0.2, 0.25) is 0 Å². The Kier molecular flexibility index (Phi) is 7.16. The van der Waals surface area contributed by atoms with Gasteiger partial charge in [0, 0.05) is 11.8 Å². The Morgan fingerprint density at radius 3 is 2.33 bits per heavy atom. The third-order valence-electron chi connectivity index (χ3n) is 1.28. The van der Waals surface area contributed by atoms with E-state index in [0.29, 0.717) is 16.1 Å². The molecule has 0 rings (SSSR count). The van der Waals surface area contributed by atoms with Crippen LogP contribution in [0.3, 0.4) is 0 Å². The van der Waals surface area contributed by atoms with Gasteiger partial charge in [-0.3, -0.25) is 14.0 Å². The summed E-state index contributed by atoms with van der Waals surface area (Å²) in [6, 6.07) is 0. The van der Waals surface area contributed by atoms with Crippen molar-refractivity contribution in [3.63, 3.8) is 0 Å². The van der Waals surface area contributed by atoms with Crippen LogP contribution >= 0.6 is 41.1 Å². The number of thioether (sulfide) groups is 1. The standard InChI is InChI=1S/C8H7F3NO2PS3/c1-3-5-12(7(13)18-8(9,10)11)15(14,16)17-6-4-2/h1-2H,5-6H2,(H,14,16). The number of carbonyl (C=O) groups is 1. The summed E-state index contributed by atoms with van der Waals surface area (Å²) in [5, 5.41) is -1.47. The van der Waals surface area contributed by atoms with Gasteiger partial charge in [-0.05, 0) is 0 Å². The molecule has 18 heavy (non-hydrogen) atoms. The lowest BCUT2D eigenvalue weighted by atomic mass is 10.7. The fraction of sp³-hybridized carbons (Fsp3) is 0.375. The largest absolute Gasteiger partial charge is 0.450 e. The number of amides is 1. The molecule has 100 valence electrons. The predicted octanol–water partition coefficient (Wildman–Crippen LogP) is 3.70. The highest BCUT2D eigenvalue weighted by molar-refractivity contribution is 8.85. The minimum Gasteiger partial charge on any atom is -0.276 e. The SMILES string of the molecule is C#CCSP(=O)(S)N(CC#C)C(=O)SC(F)(F)F. The van der Waals surface area contributed by atoms with Crippen LogP contribution in [0.1, 0.15) is 0 Å². The van der Waals surface area contributed by atoms with Gasteiger partial charge in [-0.1, -0.05) is 35.5 Å². The Morgan fingerprint density at radius 2 is 1.94 bits per heavy atom. The monoisotopic (exact) mass is 333 g/mol. The zero-order chi connectivity index (χ0) is 14.4. The van der Waals surface area contributed by atoms with E-state index in [9.17, 15) is 22.5 Å². The highest BCUT2D eigenvalue weighted by Gasteiger charge is 2.39. The number of hydrogen-bond donors (Lipinski definition) is 1.